The van der Waals surface area contributed by atoms with Gasteiger partial charge in [-0.25, -0.2) is 8.42 Å². The van der Waals surface area contributed by atoms with Crippen LogP contribution in [0.5, 0.6) is 5.75 Å². The van der Waals surface area contributed by atoms with Crippen molar-refractivity contribution in [3.63, 3.8) is 0 Å². The van der Waals surface area contributed by atoms with Gasteiger partial charge in [0.05, 0.1) is 12.9 Å². The minimum Gasteiger partial charge on any atom is -0.495 e. The number of nitrogens with two attached hydrogens (primary N) is 1. The number of para-hydroxylation sites is 1. The van der Waals surface area contributed by atoms with E-state index in [1.165, 1.54) is 13.2 Å². The number of ether oxygens (including phenoxy) is 1. The van der Waals surface area contributed by atoms with E-state index in [4.69, 9.17) is 15.7 Å². The summed E-state index contributed by atoms with van der Waals surface area (Å²) in [7, 11) is -2.20. The van der Waals surface area contributed by atoms with Gasteiger partial charge >= 0.3 is 0 Å². The molecule has 0 aliphatic carbocycles. The molecule has 7 nitrogen and oxygen atoms in total. The van der Waals surface area contributed by atoms with Crippen molar-refractivity contribution in [3.05, 3.63) is 23.8 Å². The van der Waals surface area contributed by atoms with Crippen molar-refractivity contribution >= 4 is 21.5 Å². The summed E-state index contributed by atoms with van der Waals surface area (Å²) in [5, 5.41) is 11.7. The number of rotatable bonds is 5. The predicted molar refractivity (Wildman–Crippen MR) is 82.4 cm³/mol. The first-order chi connectivity index (χ1) is 9.59. The molecule has 0 aliphatic rings. The van der Waals surface area contributed by atoms with Crippen molar-refractivity contribution in [2.45, 2.75) is 20.8 Å². The van der Waals surface area contributed by atoms with Crippen LogP contribution in [0.4, 0.5) is 5.69 Å². The van der Waals surface area contributed by atoms with Gasteiger partial charge in [-0.1, -0.05) is 32.0 Å². The Bertz CT molecular complexity index is 633. The van der Waals surface area contributed by atoms with Gasteiger partial charge in [-0.2, -0.15) is 0 Å². The van der Waals surface area contributed by atoms with E-state index < -0.39 is 15.4 Å². The van der Waals surface area contributed by atoms with Crippen molar-refractivity contribution in [2.24, 2.45) is 16.3 Å². The van der Waals surface area contributed by atoms with Crippen molar-refractivity contribution in [1.82, 2.24) is 0 Å². The molecule has 0 aromatic heterocycles. The number of amidine groups is 1. The number of sulfonamides is 1. The Morgan fingerprint density at radius 2 is 2.05 bits per heavy atom. The molecule has 0 spiro atoms. The maximum absolute atomic E-state index is 12.2. The van der Waals surface area contributed by atoms with Crippen LogP contribution in [0.25, 0.3) is 0 Å². The summed E-state index contributed by atoms with van der Waals surface area (Å²) in [6, 6.07) is 4.74. The number of nitrogens with one attached hydrogen (secondary N) is 1. The zero-order valence-corrected chi connectivity index (χ0v) is 13.4. The molecule has 0 atom stereocenters. The Kier molecular flexibility index (Phi) is 5.06. The summed E-state index contributed by atoms with van der Waals surface area (Å²) in [5.41, 5.74) is 5.56. The number of nitrogens with zero attached hydrogens (tertiary/aromatic N) is 1. The molecule has 4 N–H and O–H groups in total. The van der Waals surface area contributed by atoms with Crippen LogP contribution in [0, 0.1) is 5.41 Å². The molecule has 1 aromatic carbocycles. The maximum atomic E-state index is 12.2. The zero-order chi connectivity index (χ0) is 16.3. The lowest BCUT2D eigenvalue weighted by Crippen LogP contribution is -2.27. The molecule has 0 saturated carbocycles. The SMILES string of the molecule is COc1cccc(/C(N)=N/O)c1NS(=O)(=O)CC(C)(C)C. The highest BCUT2D eigenvalue weighted by atomic mass is 32.2. The van der Waals surface area contributed by atoms with Gasteiger partial charge in [0, 0.05) is 5.56 Å². The molecule has 118 valence electrons. The first-order valence-electron chi connectivity index (χ1n) is 6.25. The van der Waals surface area contributed by atoms with E-state index in [-0.39, 0.29) is 28.6 Å². The van der Waals surface area contributed by atoms with Gasteiger partial charge < -0.3 is 15.7 Å². The number of benzene rings is 1. The third-order valence-electron chi connectivity index (χ3n) is 2.51. The van der Waals surface area contributed by atoms with Crippen LogP contribution in [-0.4, -0.2) is 32.3 Å². The van der Waals surface area contributed by atoms with Crippen molar-refractivity contribution in [3.8, 4) is 5.75 Å². The summed E-state index contributed by atoms with van der Waals surface area (Å²) >= 11 is 0. The molecular formula is C13H21N3O4S. The molecule has 8 heteroatoms. The standard InChI is InChI=1S/C13H21N3O4S/c1-13(2,3)8-21(18,19)16-11-9(12(14)15-17)6-5-7-10(11)20-4/h5-7,16-17H,8H2,1-4H3,(H2,14,15). The van der Waals surface area contributed by atoms with E-state index >= 15 is 0 Å². The molecule has 0 bridgehead atoms. The molecule has 0 heterocycles. The quantitative estimate of drug-likeness (QED) is 0.330. The van der Waals surface area contributed by atoms with Crippen molar-refractivity contribution in [2.75, 3.05) is 17.6 Å². The second-order valence-corrected chi connectivity index (χ2v) is 7.51. The van der Waals surface area contributed by atoms with Gasteiger partial charge in [-0.05, 0) is 17.5 Å². The van der Waals surface area contributed by atoms with E-state index in [1.807, 2.05) is 20.8 Å². The van der Waals surface area contributed by atoms with E-state index in [0.717, 1.165) is 0 Å². The normalized spacial score (nSPS) is 13.0. The van der Waals surface area contributed by atoms with Crippen LogP contribution in [0.15, 0.2) is 23.4 Å². The molecular weight excluding hydrogens is 294 g/mol. The van der Waals surface area contributed by atoms with Gasteiger partial charge in [0.25, 0.3) is 0 Å². The number of oxime groups is 1. The van der Waals surface area contributed by atoms with Crippen LogP contribution in [0.2, 0.25) is 0 Å². The van der Waals surface area contributed by atoms with E-state index in [9.17, 15) is 8.42 Å². The van der Waals surface area contributed by atoms with Crippen molar-refractivity contribution in [1.29, 1.82) is 0 Å². The second kappa shape index (κ2) is 6.21. The summed E-state index contributed by atoms with van der Waals surface area (Å²) in [5.74, 6) is 0.00662. The summed E-state index contributed by atoms with van der Waals surface area (Å²) in [6.45, 7) is 5.46. The number of anilines is 1. The van der Waals surface area contributed by atoms with Crippen LogP contribution in [-0.2, 0) is 10.0 Å². The summed E-state index contributed by atoms with van der Waals surface area (Å²) in [4.78, 5) is 0. The molecule has 1 aromatic rings. The Balaban J connectivity index is 3.29. The fourth-order valence-corrected chi connectivity index (χ4v) is 3.57. The average Bonchev–Trinajstić information content (AvgIpc) is 2.34. The van der Waals surface area contributed by atoms with Crippen LogP contribution in [0.1, 0.15) is 26.3 Å². The smallest absolute Gasteiger partial charge is 0.233 e. The minimum absolute atomic E-state index is 0.0757. The molecule has 0 radical (unpaired) electrons. The summed E-state index contributed by atoms with van der Waals surface area (Å²) in [6.07, 6.45) is 0. The van der Waals surface area contributed by atoms with Gasteiger partial charge in [0.2, 0.25) is 10.0 Å². The number of hydrogen-bond donors (Lipinski definition) is 3. The third kappa shape index (κ3) is 4.82. The lowest BCUT2D eigenvalue weighted by molar-refractivity contribution is 0.318. The first-order valence-corrected chi connectivity index (χ1v) is 7.90. The largest absolute Gasteiger partial charge is 0.495 e. The lowest BCUT2D eigenvalue weighted by atomic mass is 10.0. The Morgan fingerprint density at radius 3 is 2.52 bits per heavy atom. The molecule has 1 rings (SSSR count). The highest BCUT2D eigenvalue weighted by Crippen LogP contribution is 2.30. The molecule has 0 fully saturated rings. The number of hydrogen-bond acceptors (Lipinski definition) is 5. The minimum atomic E-state index is -3.61. The highest BCUT2D eigenvalue weighted by molar-refractivity contribution is 7.92. The Labute approximate surface area is 124 Å². The topological polar surface area (TPSA) is 114 Å². The van der Waals surface area contributed by atoms with Gasteiger partial charge in [-0.3, -0.25) is 4.72 Å². The van der Waals surface area contributed by atoms with E-state index in [0.29, 0.717) is 0 Å². The fraction of sp³-hybridized carbons (Fsp3) is 0.462. The van der Waals surface area contributed by atoms with Crippen LogP contribution >= 0.6 is 0 Å². The van der Waals surface area contributed by atoms with Crippen molar-refractivity contribution < 1.29 is 18.4 Å². The molecule has 0 aliphatic heterocycles. The third-order valence-corrected chi connectivity index (χ3v) is 4.27. The second-order valence-electron chi connectivity index (χ2n) is 5.79. The molecule has 0 amide bonds. The van der Waals surface area contributed by atoms with E-state index in [2.05, 4.69) is 9.88 Å². The van der Waals surface area contributed by atoms with Crippen LogP contribution in [0.3, 0.4) is 0 Å². The fourth-order valence-electron chi connectivity index (χ4n) is 1.84. The molecule has 0 unspecified atom stereocenters. The molecule has 0 saturated heterocycles. The van der Waals surface area contributed by atoms with Gasteiger partial charge in [0.15, 0.2) is 5.84 Å². The Hall–Kier alpha value is -1.96. The maximum Gasteiger partial charge on any atom is 0.233 e. The van der Waals surface area contributed by atoms with Gasteiger partial charge in [-0.15, -0.1) is 0 Å². The zero-order valence-electron chi connectivity index (χ0n) is 12.5. The summed E-state index contributed by atoms with van der Waals surface area (Å²) < 4.78 is 32.1. The van der Waals surface area contributed by atoms with E-state index in [1.54, 1.807) is 12.1 Å². The average molecular weight is 315 g/mol. The molecule has 21 heavy (non-hydrogen) atoms. The van der Waals surface area contributed by atoms with Gasteiger partial charge in [0.1, 0.15) is 11.4 Å². The lowest BCUT2D eigenvalue weighted by Gasteiger charge is -2.20. The predicted octanol–water partition coefficient (Wildman–Crippen LogP) is 1.58. The van der Waals surface area contributed by atoms with Crippen LogP contribution < -0.4 is 15.2 Å². The number of methoxy groups -OCH3 is 1. The highest BCUT2D eigenvalue weighted by Gasteiger charge is 2.24. The monoisotopic (exact) mass is 315 g/mol. The first kappa shape index (κ1) is 17.1. The Morgan fingerprint density at radius 1 is 1.43 bits per heavy atom.